The second kappa shape index (κ2) is 7.69. The van der Waals surface area contributed by atoms with Gasteiger partial charge in [0.05, 0.1) is 16.9 Å². The largest absolute Gasteiger partial charge is 0.355 e. The number of amides is 3. The van der Waals surface area contributed by atoms with E-state index in [2.05, 4.69) is 21.1 Å². The quantitative estimate of drug-likeness (QED) is 0.758. The number of nitrogens with one attached hydrogen (secondary N) is 3. The Morgan fingerprint density at radius 1 is 1.07 bits per heavy atom. The number of amidine groups is 1. The second-order valence-electron chi connectivity index (χ2n) is 5.92. The Hall–Kier alpha value is -3.68. The number of anilines is 2. The summed E-state index contributed by atoms with van der Waals surface area (Å²) < 4.78 is 0. The van der Waals surface area contributed by atoms with Crippen molar-refractivity contribution in [3.05, 3.63) is 59.7 Å². The molecule has 0 saturated carbocycles. The molecule has 0 atom stereocenters. The van der Waals surface area contributed by atoms with Gasteiger partial charge in [-0.1, -0.05) is 29.8 Å². The summed E-state index contributed by atoms with van der Waals surface area (Å²) in [6.45, 7) is 1.79. The number of hydrogen-bond donors (Lipinski definition) is 3. The van der Waals surface area contributed by atoms with Crippen LogP contribution in [0.5, 0.6) is 0 Å². The Labute approximate surface area is 156 Å². The van der Waals surface area contributed by atoms with E-state index in [0.717, 1.165) is 5.56 Å². The van der Waals surface area contributed by atoms with Gasteiger partial charge in [-0.15, -0.1) is 0 Å². The third kappa shape index (κ3) is 3.95. The fourth-order valence-electron chi connectivity index (χ4n) is 2.55. The van der Waals surface area contributed by atoms with Gasteiger partial charge in [0.15, 0.2) is 0 Å². The topological polar surface area (TPSA) is 103 Å². The third-order valence-corrected chi connectivity index (χ3v) is 3.99. The van der Waals surface area contributed by atoms with Crippen LogP contribution in [-0.4, -0.2) is 37.1 Å². The number of hydrogen-bond acceptors (Lipinski definition) is 5. The second-order valence-corrected chi connectivity index (χ2v) is 5.92. The zero-order chi connectivity index (χ0) is 19.4. The number of aryl methyl sites for hydroxylation is 1. The summed E-state index contributed by atoms with van der Waals surface area (Å²) in [6, 6.07) is 13.9. The van der Waals surface area contributed by atoms with E-state index >= 15 is 0 Å². The maximum Gasteiger partial charge on any atom is 0.292 e. The maximum absolute atomic E-state index is 12.6. The molecule has 27 heavy (non-hydrogen) atoms. The first-order chi connectivity index (χ1) is 13.0. The van der Waals surface area contributed by atoms with Gasteiger partial charge in [-0.2, -0.15) is 0 Å². The number of hydrazine groups is 1. The standard InChI is InChI=1S/C19H19N5O3/c1-12-7-9-13(10-8-12)24-16(25)11-21-17(23-24)19(27)22-15-6-4-3-5-14(15)18(26)20-2/h3-10H,11H2,1-2H3,(H,20,26)(H,21,23)(H,22,27). The van der Waals surface area contributed by atoms with Crippen molar-refractivity contribution in [2.45, 2.75) is 6.92 Å². The summed E-state index contributed by atoms with van der Waals surface area (Å²) in [4.78, 5) is 40.7. The normalized spacial score (nSPS) is 13.5. The molecule has 2 aromatic carbocycles. The zero-order valence-corrected chi connectivity index (χ0v) is 14.9. The lowest BCUT2D eigenvalue weighted by atomic mass is 10.1. The predicted molar refractivity (Wildman–Crippen MR) is 103 cm³/mol. The lowest BCUT2D eigenvalue weighted by Gasteiger charge is -2.27. The van der Waals surface area contributed by atoms with Crippen molar-refractivity contribution in [1.82, 2.24) is 10.7 Å². The van der Waals surface area contributed by atoms with Crippen molar-refractivity contribution < 1.29 is 14.4 Å². The first-order valence-electron chi connectivity index (χ1n) is 8.33. The van der Waals surface area contributed by atoms with E-state index in [1.165, 1.54) is 12.1 Å². The van der Waals surface area contributed by atoms with Gasteiger partial charge in [-0.3, -0.25) is 24.8 Å². The van der Waals surface area contributed by atoms with Gasteiger partial charge in [-0.05, 0) is 31.2 Å². The molecule has 0 saturated heterocycles. The molecule has 3 N–H and O–H groups in total. The molecule has 1 heterocycles. The first kappa shape index (κ1) is 18.1. The fourth-order valence-corrected chi connectivity index (χ4v) is 2.55. The Kier molecular flexibility index (Phi) is 5.16. The van der Waals surface area contributed by atoms with Crippen LogP contribution in [0.3, 0.4) is 0 Å². The third-order valence-electron chi connectivity index (χ3n) is 3.99. The van der Waals surface area contributed by atoms with Crippen LogP contribution in [0.25, 0.3) is 0 Å². The van der Waals surface area contributed by atoms with E-state index in [0.29, 0.717) is 16.9 Å². The van der Waals surface area contributed by atoms with Crippen molar-refractivity contribution in [3.63, 3.8) is 0 Å². The molecule has 0 spiro atoms. The van der Waals surface area contributed by atoms with Crippen LogP contribution in [-0.2, 0) is 9.59 Å². The summed E-state index contributed by atoms with van der Waals surface area (Å²) in [5, 5.41) is 6.47. The predicted octanol–water partition coefficient (Wildman–Crippen LogP) is 1.24. The van der Waals surface area contributed by atoms with Crippen molar-refractivity contribution >= 4 is 34.9 Å². The van der Waals surface area contributed by atoms with Crippen LogP contribution >= 0.6 is 0 Å². The van der Waals surface area contributed by atoms with Crippen molar-refractivity contribution in [2.24, 2.45) is 4.99 Å². The summed E-state index contributed by atoms with van der Waals surface area (Å²) in [5.41, 5.74) is 5.09. The molecular weight excluding hydrogens is 346 g/mol. The first-order valence-corrected chi connectivity index (χ1v) is 8.33. The molecule has 1 aliphatic rings. The Morgan fingerprint density at radius 3 is 2.48 bits per heavy atom. The molecule has 2 aromatic rings. The van der Waals surface area contributed by atoms with E-state index < -0.39 is 5.91 Å². The van der Waals surface area contributed by atoms with Gasteiger partial charge in [-0.25, -0.2) is 5.01 Å². The lowest BCUT2D eigenvalue weighted by Crippen LogP contribution is -2.54. The molecule has 0 fully saturated rings. The number of carbonyl (C=O) groups is 3. The van der Waals surface area contributed by atoms with Crippen molar-refractivity contribution in [3.8, 4) is 0 Å². The minimum atomic E-state index is -0.545. The van der Waals surface area contributed by atoms with Crippen LogP contribution < -0.4 is 21.1 Å². The number of para-hydroxylation sites is 1. The summed E-state index contributed by atoms with van der Waals surface area (Å²) in [5.74, 6) is -1.15. The van der Waals surface area contributed by atoms with Gasteiger partial charge in [0.25, 0.3) is 17.7 Å². The minimum Gasteiger partial charge on any atom is -0.355 e. The Balaban J connectivity index is 1.79. The zero-order valence-electron chi connectivity index (χ0n) is 14.9. The van der Waals surface area contributed by atoms with Crippen LogP contribution in [0.2, 0.25) is 0 Å². The summed E-state index contributed by atoms with van der Waals surface area (Å²) >= 11 is 0. The van der Waals surface area contributed by atoms with Gasteiger partial charge < -0.3 is 10.6 Å². The van der Waals surface area contributed by atoms with Crippen LogP contribution in [0.4, 0.5) is 11.4 Å². The molecule has 0 bridgehead atoms. The van der Waals surface area contributed by atoms with Crippen molar-refractivity contribution in [2.75, 3.05) is 23.9 Å². The van der Waals surface area contributed by atoms with Gasteiger partial charge in [0.1, 0.15) is 6.54 Å². The number of aliphatic imine (C=N–C) groups is 1. The SMILES string of the molecule is CNC(=O)c1ccccc1NC(=O)C1=NCC(=O)N(c2ccc(C)cc2)N1. The van der Waals surface area contributed by atoms with E-state index in [1.807, 2.05) is 19.1 Å². The number of nitrogens with zero attached hydrogens (tertiary/aromatic N) is 2. The molecule has 0 unspecified atom stereocenters. The highest BCUT2D eigenvalue weighted by Gasteiger charge is 2.26. The molecule has 0 aliphatic carbocycles. The molecule has 0 aromatic heterocycles. The molecule has 8 heteroatoms. The summed E-state index contributed by atoms with van der Waals surface area (Å²) in [6.07, 6.45) is 0. The molecule has 0 radical (unpaired) electrons. The molecule has 3 amide bonds. The highest BCUT2D eigenvalue weighted by Crippen LogP contribution is 2.17. The molecular formula is C19H19N5O3. The van der Waals surface area contributed by atoms with E-state index in [-0.39, 0.29) is 24.2 Å². The van der Waals surface area contributed by atoms with Gasteiger partial charge in [0, 0.05) is 7.05 Å². The van der Waals surface area contributed by atoms with Gasteiger partial charge in [0.2, 0.25) is 5.84 Å². The Bertz CT molecular complexity index is 921. The molecule has 138 valence electrons. The Morgan fingerprint density at radius 2 is 1.78 bits per heavy atom. The molecule has 8 nitrogen and oxygen atoms in total. The van der Waals surface area contributed by atoms with E-state index in [9.17, 15) is 14.4 Å². The van der Waals surface area contributed by atoms with Crippen LogP contribution in [0, 0.1) is 6.92 Å². The van der Waals surface area contributed by atoms with Crippen molar-refractivity contribution in [1.29, 1.82) is 0 Å². The number of rotatable bonds is 4. The fraction of sp³-hybridized carbons (Fsp3) is 0.158. The highest BCUT2D eigenvalue weighted by molar-refractivity contribution is 6.43. The van der Waals surface area contributed by atoms with E-state index in [4.69, 9.17) is 0 Å². The van der Waals surface area contributed by atoms with E-state index in [1.54, 1.807) is 36.4 Å². The number of carbonyl (C=O) groups excluding carboxylic acids is 3. The number of benzene rings is 2. The maximum atomic E-state index is 12.6. The average molecular weight is 365 g/mol. The van der Waals surface area contributed by atoms with Crippen LogP contribution in [0.1, 0.15) is 15.9 Å². The smallest absolute Gasteiger partial charge is 0.292 e. The highest BCUT2D eigenvalue weighted by atomic mass is 16.2. The summed E-state index contributed by atoms with van der Waals surface area (Å²) in [7, 11) is 1.51. The molecule has 1 aliphatic heterocycles. The minimum absolute atomic E-state index is 0.0121. The average Bonchev–Trinajstić information content (AvgIpc) is 2.69. The van der Waals surface area contributed by atoms with Crippen LogP contribution in [0.15, 0.2) is 53.5 Å². The van der Waals surface area contributed by atoms with Gasteiger partial charge >= 0.3 is 0 Å². The monoisotopic (exact) mass is 365 g/mol. The lowest BCUT2D eigenvalue weighted by molar-refractivity contribution is -0.118. The molecule has 3 rings (SSSR count).